The van der Waals surface area contributed by atoms with Crippen molar-refractivity contribution >= 4 is 15.7 Å². The zero-order valence-corrected chi connectivity index (χ0v) is 12.9. The first kappa shape index (κ1) is 16.9. The normalized spacial score (nSPS) is 21.4. The molecule has 1 saturated heterocycles. The van der Waals surface area contributed by atoms with Crippen LogP contribution in [0.15, 0.2) is 0 Å². The van der Waals surface area contributed by atoms with Gasteiger partial charge in [0.15, 0.2) is 9.84 Å². The van der Waals surface area contributed by atoms with Crippen LogP contribution < -0.4 is 5.32 Å². The average Bonchev–Trinajstić information content (AvgIpc) is 2.32. The minimum Gasteiger partial charge on any atom is -0.341 e. The van der Waals surface area contributed by atoms with Gasteiger partial charge in [-0.1, -0.05) is 13.8 Å². The van der Waals surface area contributed by atoms with E-state index < -0.39 is 9.84 Å². The van der Waals surface area contributed by atoms with Crippen LogP contribution in [0.2, 0.25) is 0 Å². The highest BCUT2D eigenvalue weighted by atomic mass is 32.2. The fourth-order valence-electron chi connectivity index (χ4n) is 2.28. The van der Waals surface area contributed by atoms with Crippen molar-refractivity contribution in [2.45, 2.75) is 32.7 Å². The summed E-state index contributed by atoms with van der Waals surface area (Å²) in [5.74, 6) is 0.401. The summed E-state index contributed by atoms with van der Waals surface area (Å²) in [6.45, 7) is 5.43. The maximum absolute atomic E-state index is 12.2. The number of nitriles is 1. The molecule has 1 N–H and O–H groups in total. The van der Waals surface area contributed by atoms with Gasteiger partial charge in [-0.3, -0.25) is 4.79 Å². The van der Waals surface area contributed by atoms with Crippen LogP contribution in [0.5, 0.6) is 0 Å². The first-order valence-electron chi connectivity index (χ1n) is 6.92. The van der Waals surface area contributed by atoms with Crippen LogP contribution in [-0.4, -0.2) is 56.4 Å². The largest absolute Gasteiger partial charge is 0.341 e. The molecule has 0 saturated carbocycles. The molecule has 1 amide bonds. The van der Waals surface area contributed by atoms with E-state index in [2.05, 4.69) is 5.32 Å². The molecule has 1 unspecified atom stereocenters. The third-order valence-electron chi connectivity index (χ3n) is 3.15. The maximum atomic E-state index is 12.2. The number of nitrogens with one attached hydrogen (secondary N) is 1. The van der Waals surface area contributed by atoms with Crippen molar-refractivity contribution in [2.24, 2.45) is 5.92 Å². The van der Waals surface area contributed by atoms with Gasteiger partial charge < -0.3 is 10.2 Å². The van der Waals surface area contributed by atoms with E-state index in [-0.39, 0.29) is 29.9 Å². The minimum atomic E-state index is -3.03. The van der Waals surface area contributed by atoms with Crippen LogP contribution in [0.1, 0.15) is 26.7 Å². The summed E-state index contributed by atoms with van der Waals surface area (Å²) in [7, 11) is -3.03. The fourth-order valence-corrected chi connectivity index (χ4v) is 3.73. The smallest absolute Gasteiger partial charge is 0.224 e. The Kier molecular flexibility index (Phi) is 6.43. The monoisotopic (exact) mass is 301 g/mol. The van der Waals surface area contributed by atoms with Crippen LogP contribution >= 0.6 is 0 Å². The molecule has 0 radical (unpaired) electrons. The molecule has 20 heavy (non-hydrogen) atoms. The van der Waals surface area contributed by atoms with Crippen LogP contribution in [0.4, 0.5) is 0 Å². The van der Waals surface area contributed by atoms with E-state index in [0.717, 1.165) is 0 Å². The van der Waals surface area contributed by atoms with Crippen molar-refractivity contribution in [1.29, 1.82) is 5.26 Å². The van der Waals surface area contributed by atoms with Crippen LogP contribution in [0, 0.1) is 17.2 Å². The lowest BCUT2D eigenvalue weighted by atomic mass is 10.1. The Labute approximate surface area is 121 Å². The van der Waals surface area contributed by atoms with E-state index in [1.165, 1.54) is 0 Å². The Morgan fingerprint density at radius 2 is 2.20 bits per heavy atom. The first-order valence-corrected chi connectivity index (χ1v) is 8.74. The third-order valence-corrected chi connectivity index (χ3v) is 4.89. The Morgan fingerprint density at radius 1 is 1.50 bits per heavy atom. The molecule has 0 aromatic heterocycles. The highest BCUT2D eigenvalue weighted by Gasteiger charge is 2.27. The topological polar surface area (TPSA) is 90.3 Å². The second kappa shape index (κ2) is 7.60. The summed E-state index contributed by atoms with van der Waals surface area (Å²) < 4.78 is 23.1. The quantitative estimate of drug-likeness (QED) is 0.755. The Morgan fingerprint density at radius 3 is 2.75 bits per heavy atom. The first-order chi connectivity index (χ1) is 9.34. The lowest BCUT2D eigenvalue weighted by Gasteiger charge is -2.28. The Bertz CT molecular complexity index is 468. The molecule has 114 valence electrons. The van der Waals surface area contributed by atoms with Crippen LogP contribution in [-0.2, 0) is 14.6 Å². The van der Waals surface area contributed by atoms with Crippen LogP contribution in [0.3, 0.4) is 0 Å². The number of carbonyl (C=O) groups excluding carboxylic acids is 1. The predicted molar refractivity (Wildman–Crippen MR) is 76.7 cm³/mol. The molecule has 0 bridgehead atoms. The van der Waals surface area contributed by atoms with E-state index in [9.17, 15) is 13.2 Å². The number of rotatable bonds is 6. The highest BCUT2D eigenvalue weighted by Crippen LogP contribution is 2.09. The van der Waals surface area contributed by atoms with Gasteiger partial charge >= 0.3 is 0 Å². The summed E-state index contributed by atoms with van der Waals surface area (Å²) >= 11 is 0. The number of sulfone groups is 1. The van der Waals surface area contributed by atoms with E-state index in [1.54, 1.807) is 4.90 Å². The molecule has 1 aliphatic heterocycles. The van der Waals surface area contributed by atoms with Gasteiger partial charge in [0.1, 0.15) is 0 Å². The molecule has 1 rings (SSSR count). The SMILES string of the molecule is CC(C)CN(CCC#N)C(=O)CC1CS(=O)(=O)CCN1. The molecule has 1 heterocycles. The molecular weight excluding hydrogens is 278 g/mol. The fraction of sp³-hybridized carbons (Fsp3) is 0.846. The van der Waals surface area contributed by atoms with Gasteiger partial charge in [-0.15, -0.1) is 0 Å². The van der Waals surface area contributed by atoms with Crippen molar-refractivity contribution in [3.8, 4) is 6.07 Å². The molecule has 0 aliphatic carbocycles. The number of hydrogen-bond acceptors (Lipinski definition) is 5. The number of carbonyl (C=O) groups is 1. The van der Waals surface area contributed by atoms with E-state index in [1.807, 2.05) is 19.9 Å². The van der Waals surface area contributed by atoms with Crippen molar-refractivity contribution in [1.82, 2.24) is 10.2 Å². The molecule has 0 aromatic rings. The highest BCUT2D eigenvalue weighted by molar-refractivity contribution is 7.91. The maximum Gasteiger partial charge on any atom is 0.224 e. The van der Waals surface area contributed by atoms with Crippen molar-refractivity contribution in [3.05, 3.63) is 0 Å². The predicted octanol–water partition coefficient (Wildman–Crippen LogP) is 0.161. The van der Waals surface area contributed by atoms with Gasteiger partial charge in [0.05, 0.1) is 24.0 Å². The standard InChI is InChI=1S/C13H23N3O3S/c1-11(2)9-16(6-3-4-14)13(17)8-12-10-20(18,19)7-5-15-12/h11-12,15H,3,5-10H2,1-2H3. The Hall–Kier alpha value is -1.13. The van der Waals surface area contributed by atoms with E-state index in [4.69, 9.17) is 5.26 Å². The second-order valence-corrected chi connectivity index (χ2v) is 7.84. The van der Waals surface area contributed by atoms with Crippen molar-refractivity contribution in [3.63, 3.8) is 0 Å². The minimum absolute atomic E-state index is 0.0203. The third kappa shape index (κ3) is 5.88. The van der Waals surface area contributed by atoms with Gasteiger partial charge in [-0.25, -0.2) is 8.42 Å². The lowest BCUT2D eigenvalue weighted by Crippen LogP contribution is -2.48. The summed E-state index contributed by atoms with van der Waals surface area (Å²) in [6, 6.07) is 1.73. The molecule has 1 aliphatic rings. The van der Waals surface area contributed by atoms with Gasteiger partial charge in [0, 0.05) is 32.1 Å². The van der Waals surface area contributed by atoms with Crippen molar-refractivity contribution in [2.75, 3.05) is 31.1 Å². The molecular formula is C13H23N3O3S. The van der Waals surface area contributed by atoms with Gasteiger partial charge in [0.25, 0.3) is 0 Å². The number of amides is 1. The molecule has 7 heteroatoms. The molecule has 1 atom stereocenters. The van der Waals surface area contributed by atoms with Crippen molar-refractivity contribution < 1.29 is 13.2 Å². The number of hydrogen-bond donors (Lipinski definition) is 1. The molecule has 0 spiro atoms. The molecule has 1 fully saturated rings. The summed E-state index contributed by atoms with van der Waals surface area (Å²) in [4.78, 5) is 13.9. The molecule has 0 aromatic carbocycles. The van der Waals surface area contributed by atoms with Gasteiger partial charge in [0.2, 0.25) is 5.91 Å². The zero-order valence-electron chi connectivity index (χ0n) is 12.1. The summed E-state index contributed by atoms with van der Waals surface area (Å²) in [6.07, 6.45) is 0.478. The Balaban J connectivity index is 2.58. The van der Waals surface area contributed by atoms with Crippen LogP contribution in [0.25, 0.3) is 0 Å². The van der Waals surface area contributed by atoms with Gasteiger partial charge in [-0.2, -0.15) is 5.26 Å². The number of nitrogens with zero attached hydrogens (tertiary/aromatic N) is 2. The summed E-state index contributed by atoms with van der Waals surface area (Å²) in [5, 5.41) is 11.7. The van der Waals surface area contributed by atoms with E-state index in [0.29, 0.717) is 32.0 Å². The zero-order chi connectivity index (χ0) is 15.2. The average molecular weight is 301 g/mol. The lowest BCUT2D eigenvalue weighted by molar-refractivity contribution is -0.132. The molecule has 6 nitrogen and oxygen atoms in total. The van der Waals surface area contributed by atoms with E-state index >= 15 is 0 Å². The summed E-state index contributed by atoms with van der Waals surface area (Å²) in [5.41, 5.74) is 0. The van der Waals surface area contributed by atoms with Gasteiger partial charge in [-0.05, 0) is 5.92 Å². The second-order valence-electron chi connectivity index (χ2n) is 5.61.